The topological polar surface area (TPSA) is 108 Å². The zero-order chi connectivity index (χ0) is 25.1. The number of pyridine rings is 1. The van der Waals surface area contributed by atoms with Crippen LogP contribution in [0.3, 0.4) is 0 Å². The molecule has 0 aliphatic carbocycles. The first-order chi connectivity index (χ1) is 15.7. The minimum Gasteiger partial charge on any atom is -0.309 e. The average Bonchev–Trinajstić information content (AvgIpc) is 3.38. The lowest BCUT2D eigenvalue weighted by Crippen LogP contribution is -2.11. The Morgan fingerprint density at radius 2 is 1.68 bits per heavy atom. The van der Waals surface area contributed by atoms with Crippen LogP contribution in [0, 0.1) is 0 Å². The summed E-state index contributed by atoms with van der Waals surface area (Å²) >= 11 is 0. The molecule has 9 nitrogen and oxygen atoms in total. The summed E-state index contributed by atoms with van der Waals surface area (Å²) in [6.07, 6.45) is -7.41. The number of imidazole rings is 1. The van der Waals surface area contributed by atoms with E-state index in [1.54, 1.807) is 0 Å². The van der Waals surface area contributed by atoms with Crippen molar-refractivity contribution in [3.63, 3.8) is 0 Å². The second-order valence-electron chi connectivity index (χ2n) is 7.02. The molecule has 0 unspecified atom stereocenters. The predicted molar refractivity (Wildman–Crippen MR) is 104 cm³/mol. The van der Waals surface area contributed by atoms with Crippen LogP contribution >= 0.6 is 0 Å². The first-order valence-electron chi connectivity index (χ1n) is 9.36. The van der Waals surface area contributed by atoms with Gasteiger partial charge in [-0.25, -0.2) is 23.1 Å². The summed E-state index contributed by atoms with van der Waals surface area (Å²) in [5.41, 5.74) is -3.03. The van der Waals surface area contributed by atoms with Crippen LogP contribution in [0.2, 0.25) is 0 Å². The molecule has 0 aliphatic heterocycles. The Kier molecular flexibility index (Phi) is 5.38. The van der Waals surface area contributed by atoms with E-state index in [9.17, 15) is 34.8 Å². The van der Waals surface area contributed by atoms with Crippen molar-refractivity contribution in [3.05, 3.63) is 42.0 Å². The van der Waals surface area contributed by atoms with Crippen molar-refractivity contribution in [3.8, 4) is 17.2 Å². The first kappa shape index (κ1) is 23.6. The van der Waals surface area contributed by atoms with Gasteiger partial charge in [0.15, 0.2) is 32.7 Å². The highest BCUT2D eigenvalue weighted by atomic mass is 32.2. The third-order valence-corrected chi connectivity index (χ3v) is 6.56. The van der Waals surface area contributed by atoms with Crippen LogP contribution < -0.4 is 0 Å². The second kappa shape index (κ2) is 7.75. The molecule has 0 atom stereocenters. The van der Waals surface area contributed by atoms with E-state index in [0.29, 0.717) is 12.1 Å². The zero-order valence-corrected chi connectivity index (χ0v) is 18.0. The van der Waals surface area contributed by atoms with Crippen LogP contribution in [0.5, 0.6) is 0 Å². The number of alkyl halides is 6. The second-order valence-corrected chi connectivity index (χ2v) is 9.26. The highest BCUT2D eigenvalue weighted by molar-refractivity contribution is 7.91. The van der Waals surface area contributed by atoms with Crippen LogP contribution in [0.25, 0.3) is 28.4 Å². The molecule has 0 amide bonds. The van der Waals surface area contributed by atoms with Gasteiger partial charge < -0.3 is 4.57 Å². The Morgan fingerprint density at radius 3 is 2.26 bits per heavy atom. The van der Waals surface area contributed by atoms with E-state index >= 15 is 0 Å². The lowest BCUT2D eigenvalue weighted by Gasteiger charge is -2.11. The Balaban J connectivity index is 1.91. The molecule has 0 saturated carbocycles. The third kappa shape index (κ3) is 4.08. The van der Waals surface area contributed by atoms with E-state index in [4.69, 9.17) is 0 Å². The fraction of sp³-hybridized carbons (Fsp3) is 0.278. The smallest absolute Gasteiger partial charge is 0.309 e. The number of halogens is 6. The van der Waals surface area contributed by atoms with Gasteiger partial charge in [0.25, 0.3) is 0 Å². The molecule has 4 aromatic rings. The molecule has 0 bridgehead atoms. The van der Waals surface area contributed by atoms with Crippen LogP contribution in [0.4, 0.5) is 26.3 Å². The molecule has 0 fully saturated rings. The van der Waals surface area contributed by atoms with Gasteiger partial charge in [-0.3, -0.25) is 0 Å². The molecule has 0 radical (unpaired) electrons. The lowest BCUT2D eigenvalue weighted by molar-refractivity contribution is -0.142. The van der Waals surface area contributed by atoms with Gasteiger partial charge in [-0.15, -0.1) is 10.2 Å². The molecule has 0 saturated heterocycles. The van der Waals surface area contributed by atoms with Crippen molar-refractivity contribution in [2.24, 2.45) is 7.05 Å². The summed E-state index contributed by atoms with van der Waals surface area (Å²) in [6.45, 7) is 1.34. The number of aromatic nitrogens is 7. The maximum atomic E-state index is 13.0. The van der Waals surface area contributed by atoms with E-state index in [2.05, 4.69) is 25.3 Å². The molecule has 34 heavy (non-hydrogen) atoms. The fourth-order valence-corrected chi connectivity index (χ4v) is 4.13. The van der Waals surface area contributed by atoms with Gasteiger partial charge in [-0.2, -0.15) is 31.4 Å². The summed E-state index contributed by atoms with van der Waals surface area (Å²) in [6, 6.07) is 2.45. The molecule has 16 heteroatoms. The Bertz CT molecular complexity index is 1510. The van der Waals surface area contributed by atoms with Crippen LogP contribution in [-0.2, 0) is 29.2 Å². The lowest BCUT2D eigenvalue weighted by atomic mass is 10.3. The molecule has 0 aromatic carbocycles. The van der Waals surface area contributed by atoms with Gasteiger partial charge in [-0.05, 0) is 12.1 Å². The summed E-state index contributed by atoms with van der Waals surface area (Å²) < 4.78 is 105. The van der Waals surface area contributed by atoms with Crippen molar-refractivity contribution in [2.45, 2.75) is 24.2 Å². The number of fused-ring (bicyclic) bond motifs is 1. The Morgan fingerprint density at radius 1 is 1.00 bits per heavy atom. The van der Waals surface area contributed by atoms with Gasteiger partial charge >= 0.3 is 12.4 Å². The molecule has 4 heterocycles. The van der Waals surface area contributed by atoms with Crippen molar-refractivity contribution < 1.29 is 34.8 Å². The van der Waals surface area contributed by atoms with Crippen molar-refractivity contribution >= 4 is 21.0 Å². The van der Waals surface area contributed by atoms with Gasteiger partial charge in [0.05, 0.1) is 22.5 Å². The van der Waals surface area contributed by atoms with E-state index in [1.165, 1.54) is 18.5 Å². The number of rotatable bonds is 4. The summed E-state index contributed by atoms with van der Waals surface area (Å²) in [5.74, 6) is -0.515. The number of hydrogen-bond acceptors (Lipinski definition) is 7. The predicted octanol–water partition coefficient (Wildman–Crippen LogP) is 3.44. The van der Waals surface area contributed by atoms with Crippen molar-refractivity contribution in [1.82, 2.24) is 34.5 Å². The monoisotopic (exact) mass is 505 g/mol. The van der Waals surface area contributed by atoms with E-state index < -0.39 is 33.6 Å². The number of sulfone groups is 1. The summed E-state index contributed by atoms with van der Waals surface area (Å²) in [4.78, 5) is 7.74. The van der Waals surface area contributed by atoms with Crippen molar-refractivity contribution in [1.29, 1.82) is 0 Å². The van der Waals surface area contributed by atoms with E-state index in [1.807, 2.05) is 0 Å². The first-order valence-corrected chi connectivity index (χ1v) is 11.0. The molecule has 4 aromatic heterocycles. The van der Waals surface area contributed by atoms with Gasteiger partial charge in [0.1, 0.15) is 11.2 Å². The van der Waals surface area contributed by atoms with Gasteiger partial charge in [0, 0.05) is 19.3 Å². The Hall–Kier alpha value is -3.56. The number of hydrogen-bond donors (Lipinski definition) is 0. The minimum atomic E-state index is -4.77. The number of nitrogens with zero attached hydrogens (tertiary/aromatic N) is 7. The van der Waals surface area contributed by atoms with E-state index in [0.717, 1.165) is 23.1 Å². The largest absolute Gasteiger partial charge is 0.435 e. The Labute approximate surface area is 187 Å². The normalized spacial score (nSPS) is 13.1. The SMILES string of the molecule is CCS(=O)(=O)c1cc(-n2ccc(C(F)(F)F)n2)cnc1-c1nc2cc(C(F)(F)F)nnc2n1C. The zero-order valence-electron chi connectivity index (χ0n) is 17.2. The quantitative estimate of drug-likeness (QED) is 0.391. The minimum absolute atomic E-state index is 0.0596. The van der Waals surface area contributed by atoms with E-state index in [-0.39, 0.29) is 39.0 Å². The fourth-order valence-electron chi connectivity index (χ4n) is 3.08. The molecular formula is C18H13F6N7O2S. The molecule has 4 rings (SSSR count). The standard InChI is InChI=1S/C18H13F6N7O2S/c1-3-34(32,33)11-6-9(31-5-4-12(29-31)17(19,20)21)8-25-14(11)16-26-10-7-13(18(22,23)24)27-28-15(10)30(16)2/h4-8H,3H2,1-2H3. The average molecular weight is 505 g/mol. The number of aryl methyl sites for hydroxylation is 1. The third-order valence-electron chi connectivity index (χ3n) is 4.82. The van der Waals surface area contributed by atoms with Gasteiger partial charge in [0.2, 0.25) is 0 Å². The summed E-state index contributed by atoms with van der Waals surface area (Å²) in [7, 11) is -2.63. The van der Waals surface area contributed by atoms with Crippen molar-refractivity contribution in [2.75, 3.05) is 5.75 Å². The van der Waals surface area contributed by atoms with Crippen LogP contribution in [0.15, 0.2) is 35.5 Å². The molecule has 0 spiro atoms. The molecule has 0 aliphatic rings. The molecule has 0 N–H and O–H groups in total. The van der Waals surface area contributed by atoms with Crippen LogP contribution in [-0.4, -0.2) is 48.7 Å². The highest BCUT2D eigenvalue weighted by Gasteiger charge is 2.35. The highest BCUT2D eigenvalue weighted by Crippen LogP contribution is 2.33. The summed E-state index contributed by atoms with van der Waals surface area (Å²) in [5, 5.41) is 10.1. The maximum absolute atomic E-state index is 13.0. The van der Waals surface area contributed by atoms with Crippen LogP contribution in [0.1, 0.15) is 18.3 Å². The molecular weight excluding hydrogens is 492 g/mol. The maximum Gasteiger partial charge on any atom is 0.435 e. The van der Waals surface area contributed by atoms with Gasteiger partial charge in [-0.1, -0.05) is 6.92 Å². The molecule has 180 valence electrons.